The van der Waals surface area contributed by atoms with E-state index in [-0.39, 0.29) is 11.9 Å². The molecule has 0 amide bonds. The van der Waals surface area contributed by atoms with Crippen LogP contribution in [0.2, 0.25) is 0 Å². The number of aryl methyl sites for hydroxylation is 1. The van der Waals surface area contributed by atoms with Crippen molar-refractivity contribution in [2.24, 2.45) is 10.9 Å². The number of thiazole rings is 1. The summed E-state index contributed by atoms with van der Waals surface area (Å²) in [6.45, 7) is 7.91. The Morgan fingerprint density at radius 3 is 2.68 bits per heavy atom. The minimum atomic E-state index is -0.0446. The molecule has 1 saturated carbocycles. The van der Waals surface area contributed by atoms with Gasteiger partial charge in [-0.2, -0.15) is 0 Å². The van der Waals surface area contributed by atoms with Crippen LogP contribution in [0.15, 0.2) is 10.4 Å². The fraction of sp³-hybridized carbons (Fsp3) is 0.722. The van der Waals surface area contributed by atoms with Crippen molar-refractivity contribution < 1.29 is 9.53 Å². The Kier molecular flexibility index (Phi) is 8.18. The van der Waals surface area contributed by atoms with E-state index in [1.54, 1.807) is 11.3 Å². The molecule has 1 aromatic heterocycles. The second-order valence-corrected chi connectivity index (χ2v) is 7.17. The summed E-state index contributed by atoms with van der Waals surface area (Å²) in [5.74, 6) is 0.838. The van der Waals surface area contributed by atoms with Crippen molar-refractivity contribution in [3.8, 4) is 0 Å². The van der Waals surface area contributed by atoms with Crippen molar-refractivity contribution >= 4 is 23.3 Å². The van der Waals surface area contributed by atoms with Gasteiger partial charge in [-0.1, -0.05) is 6.92 Å². The van der Waals surface area contributed by atoms with Gasteiger partial charge in [-0.25, -0.2) is 9.98 Å². The summed E-state index contributed by atoms with van der Waals surface area (Å²) in [4.78, 5) is 21.0. The number of carbonyl (C=O) groups excluding carboxylic acids is 1. The molecule has 25 heavy (non-hydrogen) atoms. The fourth-order valence-corrected chi connectivity index (χ4v) is 3.73. The van der Waals surface area contributed by atoms with Gasteiger partial charge in [0.1, 0.15) is 0 Å². The van der Waals surface area contributed by atoms with Crippen LogP contribution in [-0.2, 0) is 22.5 Å². The van der Waals surface area contributed by atoms with Crippen molar-refractivity contribution in [3.63, 3.8) is 0 Å². The first-order valence-electron chi connectivity index (χ1n) is 9.30. The monoisotopic (exact) mass is 366 g/mol. The lowest BCUT2D eigenvalue weighted by molar-refractivity contribution is -0.149. The molecule has 1 aliphatic rings. The van der Waals surface area contributed by atoms with Gasteiger partial charge >= 0.3 is 5.97 Å². The number of nitrogens with one attached hydrogen (secondary N) is 2. The van der Waals surface area contributed by atoms with Gasteiger partial charge in [0.05, 0.1) is 29.8 Å². The topological polar surface area (TPSA) is 75.6 Å². The van der Waals surface area contributed by atoms with Crippen LogP contribution in [0.3, 0.4) is 0 Å². The number of ether oxygens (including phenoxy) is 1. The quantitative estimate of drug-likeness (QED) is 0.441. The number of nitrogens with zero attached hydrogens (tertiary/aromatic N) is 2. The lowest BCUT2D eigenvalue weighted by Crippen LogP contribution is -2.45. The highest BCUT2D eigenvalue weighted by molar-refractivity contribution is 7.09. The van der Waals surface area contributed by atoms with Crippen molar-refractivity contribution in [1.29, 1.82) is 0 Å². The van der Waals surface area contributed by atoms with Gasteiger partial charge in [0, 0.05) is 18.0 Å². The van der Waals surface area contributed by atoms with Gasteiger partial charge in [0.2, 0.25) is 0 Å². The maximum absolute atomic E-state index is 11.8. The molecule has 140 valence electrons. The van der Waals surface area contributed by atoms with Gasteiger partial charge < -0.3 is 15.4 Å². The fourth-order valence-electron chi connectivity index (χ4n) is 2.99. The first-order valence-corrected chi connectivity index (χ1v) is 10.2. The lowest BCUT2D eigenvalue weighted by Gasteiger charge is -2.29. The van der Waals surface area contributed by atoms with E-state index in [1.807, 2.05) is 6.92 Å². The van der Waals surface area contributed by atoms with E-state index in [4.69, 9.17) is 4.74 Å². The van der Waals surface area contributed by atoms with Crippen LogP contribution < -0.4 is 10.6 Å². The van der Waals surface area contributed by atoms with Crippen LogP contribution >= 0.6 is 11.3 Å². The minimum Gasteiger partial charge on any atom is -0.466 e. The van der Waals surface area contributed by atoms with E-state index in [1.165, 1.54) is 0 Å². The van der Waals surface area contributed by atoms with Crippen LogP contribution in [0.25, 0.3) is 0 Å². The molecule has 0 saturated heterocycles. The van der Waals surface area contributed by atoms with Crippen molar-refractivity contribution in [2.45, 2.75) is 65.5 Å². The number of hydrogen-bond acceptors (Lipinski definition) is 5. The van der Waals surface area contributed by atoms with E-state index in [2.05, 4.69) is 39.8 Å². The van der Waals surface area contributed by atoms with Crippen molar-refractivity contribution in [1.82, 2.24) is 15.6 Å². The zero-order valence-electron chi connectivity index (χ0n) is 15.5. The summed E-state index contributed by atoms with van der Waals surface area (Å²) in [5.41, 5.74) is 1.02. The van der Waals surface area contributed by atoms with Crippen molar-refractivity contribution in [3.05, 3.63) is 16.1 Å². The standard InChI is InChI=1S/C18H30N4O2S/c1-4-16-21-15(12-25-16)11-20-18(19-5-2)22-14-9-7-13(8-10-14)17(23)24-6-3/h12-14H,4-11H2,1-3H3,(H2,19,20,22). The summed E-state index contributed by atoms with van der Waals surface area (Å²) in [6, 6.07) is 0.352. The molecule has 2 rings (SSSR count). The van der Waals surface area contributed by atoms with Crippen molar-refractivity contribution in [2.75, 3.05) is 13.2 Å². The maximum atomic E-state index is 11.8. The zero-order chi connectivity index (χ0) is 18.1. The van der Waals surface area contributed by atoms with Crippen LogP contribution in [0.5, 0.6) is 0 Å². The Morgan fingerprint density at radius 1 is 1.32 bits per heavy atom. The molecular formula is C18H30N4O2S. The highest BCUT2D eigenvalue weighted by Gasteiger charge is 2.27. The first kappa shape index (κ1) is 19.7. The maximum Gasteiger partial charge on any atom is 0.308 e. The summed E-state index contributed by atoms with van der Waals surface area (Å²) >= 11 is 1.69. The largest absolute Gasteiger partial charge is 0.466 e. The number of rotatable bonds is 7. The van der Waals surface area contributed by atoms with E-state index in [0.717, 1.165) is 55.3 Å². The summed E-state index contributed by atoms with van der Waals surface area (Å²) in [6.07, 6.45) is 4.65. The van der Waals surface area contributed by atoms with E-state index < -0.39 is 0 Å². The predicted molar refractivity (Wildman–Crippen MR) is 102 cm³/mol. The molecule has 0 radical (unpaired) electrons. The summed E-state index contributed by atoms with van der Waals surface area (Å²) in [5, 5.41) is 10.0. The molecule has 1 aromatic rings. The Bertz CT molecular complexity index is 565. The molecule has 0 spiro atoms. The van der Waals surface area contributed by atoms with Crippen LogP contribution in [0, 0.1) is 5.92 Å². The number of hydrogen-bond donors (Lipinski definition) is 2. The second kappa shape index (κ2) is 10.4. The Morgan fingerprint density at radius 2 is 2.08 bits per heavy atom. The smallest absolute Gasteiger partial charge is 0.308 e. The van der Waals surface area contributed by atoms with Gasteiger partial charge in [0.25, 0.3) is 0 Å². The Balaban J connectivity index is 1.84. The highest BCUT2D eigenvalue weighted by Crippen LogP contribution is 2.25. The lowest BCUT2D eigenvalue weighted by atomic mass is 9.86. The van der Waals surface area contributed by atoms with Gasteiger partial charge in [-0.15, -0.1) is 11.3 Å². The second-order valence-electron chi connectivity index (χ2n) is 6.23. The van der Waals surface area contributed by atoms with Crippen LogP contribution in [-0.4, -0.2) is 36.1 Å². The Hall–Kier alpha value is -1.63. The Labute approximate surface area is 154 Å². The molecule has 0 aromatic carbocycles. The van der Waals surface area contributed by atoms with Crippen LogP contribution in [0.1, 0.15) is 57.2 Å². The molecular weight excluding hydrogens is 336 g/mol. The molecule has 0 atom stereocenters. The average molecular weight is 367 g/mol. The third kappa shape index (κ3) is 6.30. The number of esters is 1. The van der Waals surface area contributed by atoms with Gasteiger partial charge in [-0.05, 0) is 46.0 Å². The summed E-state index contributed by atoms with van der Waals surface area (Å²) < 4.78 is 5.13. The normalized spacial score (nSPS) is 21.0. The molecule has 0 unspecified atom stereocenters. The number of aliphatic imine (C=N–C) groups is 1. The number of aromatic nitrogens is 1. The molecule has 1 aliphatic carbocycles. The van der Waals surface area contributed by atoms with E-state index in [0.29, 0.717) is 19.2 Å². The van der Waals surface area contributed by atoms with Gasteiger partial charge in [-0.3, -0.25) is 4.79 Å². The zero-order valence-corrected chi connectivity index (χ0v) is 16.3. The first-order chi connectivity index (χ1) is 12.2. The van der Waals surface area contributed by atoms with Crippen LogP contribution in [0.4, 0.5) is 0 Å². The summed E-state index contributed by atoms with van der Waals surface area (Å²) in [7, 11) is 0. The minimum absolute atomic E-state index is 0.0446. The predicted octanol–water partition coefficient (Wildman–Crippen LogP) is 2.88. The van der Waals surface area contributed by atoms with Gasteiger partial charge in [0.15, 0.2) is 5.96 Å². The molecule has 7 heteroatoms. The average Bonchev–Trinajstić information content (AvgIpc) is 3.09. The third-order valence-electron chi connectivity index (χ3n) is 4.33. The molecule has 1 heterocycles. The molecule has 0 bridgehead atoms. The molecule has 6 nitrogen and oxygen atoms in total. The highest BCUT2D eigenvalue weighted by atomic mass is 32.1. The third-order valence-corrected chi connectivity index (χ3v) is 5.38. The number of guanidine groups is 1. The SMILES string of the molecule is CCNC(=NCc1csc(CC)n1)NC1CCC(C(=O)OCC)CC1. The number of carbonyl (C=O) groups is 1. The van der Waals surface area contributed by atoms with E-state index >= 15 is 0 Å². The molecule has 0 aliphatic heterocycles. The molecule has 2 N–H and O–H groups in total. The van der Waals surface area contributed by atoms with E-state index in [9.17, 15) is 4.79 Å². The molecule has 1 fully saturated rings.